The van der Waals surface area contributed by atoms with Crippen molar-refractivity contribution in [3.05, 3.63) is 48.7 Å². The molecule has 28 heavy (non-hydrogen) atoms. The number of ketones is 1. The van der Waals surface area contributed by atoms with Crippen LogP contribution in [0.2, 0.25) is 0 Å². The molecule has 2 heterocycles. The zero-order valence-electron chi connectivity index (χ0n) is 16.2. The normalized spacial score (nSPS) is 21.3. The molecule has 2 aliphatic rings. The standard InChI is InChI=1S/C19H22N2O6S/c1-5-26-18(23)16-15(13-6-10(21(24)25)9(2)28-13)14-11(22)7-19(3,4)8-12(14)27-17(16)20/h6,15H,5,7-8,20H2,1-4H3/t15-/m0/s1. The fourth-order valence-corrected chi connectivity index (χ4v) is 4.81. The van der Waals surface area contributed by atoms with Crippen LogP contribution >= 0.6 is 11.3 Å². The van der Waals surface area contributed by atoms with Crippen molar-refractivity contribution < 1.29 is 24.0 Å². The molecule has 8 nitrogen and oxygen atoms in total. The number of thiophene rings is 1. The molecule has 0 spiro atoms. The summed E-state index contributed by atoms with van der Waals surface area (Å²) in [6, 6.07) is 1.40. The average molecular weight is 406 g/mol. The number of nitrogens with two attached hydrogens (primary N) is 1. The zero-order chi connectivity index (χ0) is 20.8. The predicted octanol–water partition coefficient (Wildman–Crippen LogP) is 3.46. The van der Waals surface area contributed by atoms with Gasteiger partial charge in [-0.15, -0.1) is 11.3 Å². The number of hydrogen-bond acceptors (Lipinski definition) is 8. The Bertz CT molecular complexity index is 940. The lowest BCUT2D eigenvalue weighted by Gasteiger charge is -2.37. The molecular weight excluding hydrogens is 384 g/mol. The summed E-state index contributed by atoms with van der Waals surface area (Å²) in [7, 11) is 0. The SMILES string of the molecule is CCOC(=O)C1=C(N)OC2=C(C(=O)CC(C)(C)C2)[C@@H]1c1cc([N+](=O)[O-])c(C)s1. The Hall–Kier alpha value is -2.68. The fourth-order valence-electron chi connectivity index (χ4n) is 3.70. The van der Waals surface area contributed by atoms with Crippen molar-refractivity contribution in [1.82, 2.24) is 0 Å². The summed E-state index contributed by atoms with van der Waals surface area (Å²) in [5.74, 6) is -1.38. The topological polar surface area (TPSA) is 122 Å². The number of nitrogens with zero attached hydrogens (tertiary/aromatic N) is 1. The minimum Gasteiger partial charge on any atom is -0.462 e. The molecule has 1 aliphatic carbocycles. The molecule has 0 radical (unpaired) electrons. The van der Waals surface area contributed by atoms with Gasteiger partial charge in [0.2, 0.25) is 5.88 Å². The van der Waals surface area contributed by atoms with E-state index in [1.807, 2.05) is 13.8 Å². The van der Waals surface area contributed by atoms with Gasteiger partial charge in [0.05, 0.1) is 22.3 Å². The maximum atomic E-state index is 13.0. The summed E-state index contributed by atoms with van der Waals surface area (Å²) in [6.07, 6.45) is 0.766. The molecule has 1 aliphatic heterocycles. The number of ether oxygens (including phenoxy) is 2. The third kappa shape index (κ3) is 3.42. The average Bonchev–Trinajstić information content (AvgIpc) is 2.94. The third-order valence-electron chi connectivity index (χ3n) is 4.84. The van der Waals surface area contributed by atoms with Crippen LogP contribution in [0.4, 0.5) is 5.69 Å². The van der Waals surface area contributed by atoms with E-state index in [0.29, 0.717) is 27.5 Å². The van der Waals surface area contributed by atoms with E-state index in [1.54, 1.807) is 13.8 Å². The molecule has 0 fully saturated rings. The number of esters is 1. The first-order chi connectivity index (χ1) is 13.1. The van der Waals surface area contributed by atoms with Crippen molar-refractivity contribution in [3.63, 3.8) is 0 Å². The molecule has 150 valence electrons. The molecule has 0 saturated heterocycles. The molecule has 0 bridgehead atoms. The molecule has 0 aromatic carbocycles. The van der Waals surface area contributed by atoms with Crippen LogP contribution in [0.3, 0.4) is 0 Å². The van der Waals surface area contributed by atoms with Crippen LogP contribution in [-0.4, -0.2) is 23.3 Å². The monoisotopic (exact) mass is 406 g/mol. The fraction of sp³-hybridized carbons (Fsp3) is 0.474. The maximum Gasteiger partial charge on any atom is 0.340 e. The van der Waals surface area contributed by atoms with Crippen LogP contribution in [0.1, 0.15) is 49.3 Å². The van der Waals surface area contributed by atoms with Gasteiger partial charge in [0.1, 0.15) is 11.3 Å². The van der Waals surface area contributed by atoms with Gasteiger partial charge < -0.3 is 15.2 Å². The molecule has 1 aromatic rings. The Morgan fingerprint density at radius 2 is 2.14 bits per heavy atom. The van der Waals surface area contributed by atoms with Gasteiger partial charge in [0, 0.05) is 29.4 Å². The van der Waals surface area contributed by atoms with E-state index >= 15 is 0 Å². The van der Waals surface area contributed by atoms with E-state index in [4.69, 9.17) is 15.2 Å². The largest absolute Gasteiger partial charge is 0.462 e. The van der Waals surface area contributed by atoms with Gasteiger partial charge in [-0.2, -0.15) is 0 Å². The lowest BCUT2D eigenvalue weighted by atomic mass is 9.71. The summed E-state index contributed by atoms with van der Waals surface area (Å²) in [4.78, 5) is 37.4. The molecule has 0 saturated carbocycles. The van der Waals surface area contributed by atoms with Crippen molar-refractivity contribution in [2.24, 2.45) is 11.1 Å². The Morgan fingerprint density at radius 3 is 2.71 bits per heavy atom. The van der Waals surface area contributed by atoms with Gasteiger partial charge in [-0.25, -0.2) is 4.79 Å². The Labute approximate surface area is 166 Å². The lowest BCUT2D eigenvalue weighted by Crippen LogP contribution is -2.35. The highest BCUT2D eigenvalue weighted by Crippen LogP contribution is 2.50. The van der Waals surface area contributed by atoms with E-state index in [-0.39, 0.29) is 41.4 Å². The third-order valence-corrected chi connectivity index (χ3v) is 5.95. The Morgan fingerprint density at radius 1 is 1.46 bits per heavy atom. The molecule has 1 aromatic heterocycles. The highest BCUT2D eigenvalue weighted by Gasteiger charge is 2.46. The number of carbonyl (C=O) groups excluding carboxylic acids is 2. The maximum absolute atomic E-state index is 13.0. The number of nitro groups is 1. The van der Waals surface area contributed by atoms with Crippen LogP contribution in [0.25, 0.3) is 0 Å². The van der Waals surface area contributed by atoms with Crippen molar-refractivity contribution in [1.29, 1.82) is 0 Å². The van der Waals surface area contributed by atoms with E-state index in [2.05, 4.69) is 0 Å². The van der Waals surface area contributed by atoms with Crippen molar-refractivity contribution in [2.45, 2.75) is 46.5 Å². The number of aryl methyl sites for hydroxylation is 1. The molecule has 9 heteroatoms. The molecular formula is C19H22N2O6S. The highest BCUT2D eigenvalue weighted by molar-refractivity contribution is 7.12. The van der Waals surface area contributed by atoms with E-state index in [1.165, 1.54) is 17.4 Å². The second-order valence-electron chi connectivity index (χ2n) is 7.66. The first-order valence-electron chi connectivity index (χ1n) is 8.91. The van der Waals surface area contributed by atoms with Gasteiger partial charge in [0.15, 0.2) is 5.78 Å². The van der Waals surface area contributed by atoms with Crippen molar-refractivity contribution >= 4 is 28.8 Å². The lowest BCUT2D eigenvalue weighted by molar-refractivity contribution is -0.385. The summed E-state index contributed by atoms with van der Waals surface area (Å²) in [6.45, 7) is 7.32. The molecule has 2 N–H and O–H groups in total. The quantitative estimate of drug-likeness (QED) is 0.461. The molecule has 3 rings (SSSR count). The Kier molecular flexibility index (Phi) is 5.05. The van der Waals surface area contributed by atoms with E-state index in [0.717, 1.165) is 0 Å². The van der Waals surface area contributed by atoms with Gasteiger partial charge in [-0.3, -0.25) is 14.9 Å². The summed E-state index contributed by atoms with van der Waals surface area (Å²) >= 11 is 1.17. The second kappa shape index (κ2) is 7.05. The van der Waals surface area contributed by atoms with Crippen LogP contribution < -0.4 is 5.73 Å². The minimum atomic E-state index is -0.830. The van der Waals surface area contributed by atoms with Gasteiger partial charge >= 0.3 is 5.97 Å². The number of hydrogen-bond donors (Lipinski definition) is 1. The number of carbonyl (C=O) groups is 2. The summed E-state index contributed by atoms with van der Waals surface area (Å²) in [5.41, 5.74) is 6.06. The predicted molar refractivity (Wildman–Crippen MR) is 102 cm³/mol. The minimum absolute atomic E-state index is 0.0183. The number of rotatable bonds is 4. The van der Waals surface area contributed by atoms with Gasteiger partial charge in [-0.1, -0.05) is 13.8 Å². The Balaban J connectivity index is 2.21. The second-order valence-corrected chi connectivity index (χ2v) is 8.95. The van der Waals surface area contributed by atoms with Gasteiger partial charge in [0.25, 0.3) is 5.69 Å². The molecule has 0 amide bonds. The van der Waals surface area contributed by atoms with Crippen LogP contribution in [-0.2, 0) is 19.1 Å². The van der Waals surface area contributed by atoms with Crippen molar-refractivity contribution in [3.8, 4) is 0 Å². The zero-order valence-corrected chi connectivity index (χ0v) is 17.0. The van der Waals surface area contributed by atoms with Gasteiger partial charge in [-0.05, 0) is 19.3 Å². The van der Waals surface area contributed by atoms with E-state index < -0.39 is 16.8 Å². The summed E-state index contributed by atoms with van der Waals surface area (Å²) in [5, 5.41) is 11.3. The van der Waals surface area contributed by atoms with Crippen LogP contribution in [0.15, 0.2) is 28.9 Å². The number of allylic oxidation sites excluding steroid dienone is 2. The first kappa shape index (κ1) is 20.1. The molecule has 1 atom stereocenters. The summed E-state index contributed by atoms with van der Waals surface area (Å²) < 4.78 is 10.8. The smallest absolute Gasteiger partial charge is 0.340 e. The van der Waals surface area contributed by atoms with Crippen molar-refractivity contribution in [2.75, 3.05) is 6.61 Å². The number of Topliss-reactive ketones (excluding diaryl/α,β-unsaturated/α-hetero) is 1. The van der Waals surface area contributed by atoms with Crippen LogP contribution in [0, 0.1) is 22.5 Å². The van der Waals surface area contributed by atoms with Crippen LogP contribution in [0.5, 0.6) is 0 Å². The first-order valence-corrected chi connectivity index (χ1v) is 9.73. The highest BCUT2D eigenvalue weighted by atomic mass is 32.1. The molecule has 0 unspecified atom stereocenters. The van der Waals surface area contributed by atoms with E-state index in [9.17, 15) is 19.7 Å².